The van der Waals surface area contributed by atoms with Crippen LogP contribution in [0.4, 0.5) is 0 Å². The molecule has 1 N–H and O–H groups in total. The van der Waals surface area contributed by atoms with E-state index in [0.29, 0.717) is 11.8 Å². The molecule has 2 nitrogen and oxygen atoms in total. The number of nitrogens with zero attached hydrogens (tertiary/aromatic N) is 1. The molecule has 4 aliphatic rings. The van der Waals surface area contributed by atoms with Gasteiger partial charge in [0.25, 0.3) is 0 Å². The largest absolute Gasteiger partial charge is 1.00 e. The number of piperidine rings is 1. The van der Waals surface area contributed by atoms with Crippen LogP contribution in [-0.2, 0) is 0 Å². The summed E-state index contributed by atoms with van der Waals surface area (Å²) in [5.74, 6) is 2.03. The molecule has 140 valence electrons. The molecule has 2 atom stereocenters. The minimum Gasteiger partial charge on any atom is -1.00 e. The van der Waals surface area contributed by atoms with Gasteiger partial charge in [0.05, 0.1) is 31.8 Å². The molecule has 2 saturated carbocycles. The van der Waals surface area contributed by atoms with Crippen LogP contribution in [0.3, 0.4) is 0 Å². The number of quaternary nitrogens is 1. The number of hydrogen-bond acceptors (Lipinski definition) is 1. The second-order valence-electron chi connectivity index (χ2n) is 10.0. The first kappa shape index (κ1) is 19.2. The Kier molecular flexibility index (Phi) is 5.75. The van der Waals surface area contributed by atoms with E-state index in [0.717, 1.165) is 24.4 Å². The third-order valence-corrected chi connectivity index (χ3v) is 8.67. The predicted octanol–water partition coefficient (Wildman–Crippen LogP) is 1.51. The highest BCUT2D eigenvalue weighted by Crippen LogP contribution is 2.51. The minimum absolute atomic E-state index is 0. The lowest BCUT2D eigenvalue weighted by Crippen LogP contribution is -3.00. The summed E-state index contributed by atoms with van der Waals surface area (Å²) < 4.78 is 1.27. The van der Waals surface area contributed by atoms with Gasteiger partial charge in [-0.3, -0.25) is 0 Å². The van der Waals surface area contributed by atoms with Gasteiger partial charge in [0.2, 0.25) is 0 Å². The van der Waals surface area contributed by atoms with Crippen LogP contribution in [0.2, 0.25) is 0 Å². The van der Waals surface area contributed by atoms with Gasteiger partial charge in [-0.15, -0.1) is 0 Å². The maximum absolute atomic E-state index is 11.9. The molecule has 3 heteroatoms. The van der Waals surface area contributed by atoms with Crippen LogP contribution < -0.4 is 17.0 Å². The van der Waals surface area contributed by atoms with Crippen LogP contribution in [-0.4, -0.2) is 41.4 Å². The Labute approximate surface area is 159 Å². The van der Waals surface area contributed by atoms with E-state index in [9.17, 15) is 5.11 Å². The molecule has 0 aromatic carbocycles. The summed E-state index contributed by atoms with van der Waals surface area (Å²) in [5, 5.41) is 11.9. The Balaban J connectivity index is 0.00000169. The predicted molar refractivity (Wildman–Crippen MR) is 95.1 cm³/mol. The molecule has 2 aliphatic carbocycles. The van der Waals surface area contributed by atoms with Gasteiger partial charge in [-0.05, 0) is 49.9 Å². The van der Waals surface area contributed by atoms with E-state index in [4.69, 9.17) is 0 Å². The first-order chi connectivity index (χ1) is 11.0. The Morgan fingerprint density at radius 1 is 0.792 bits per heavy atom. The summed E-state index contributed by atoms with van der Waals surface area (Å²) >= 11 is 0. The number of rotatable bonds is 4. The molecule has 0 unspecified atom stereocenters. The molecule has 2 heterocycles. The standard InChI is InChI=1S/C21H38NO.BrH/c1-22(2)19-11-12-20(22)14-16(13-19)15-21(23,17-7-3-4-8-17)18-9-5-6-10-18;/h16-20,23H,3-15H2,1-2H3;1H/q+1;/p-1/t19-,20-;/m0./s1. The van der Waals surface area contributed by atoms with E-state index < -0.39 is 0 Å². The van der Waals surface area contributed by atoms with E-state index in [1.54, 1.807) is 0 Å². The average molecular weight is 400 g/mol. The van der Waals surface area contributed by atoms with Crippen LogP contribution in [0.1, 0.15) is 83.5 Å². The Hall–Kier alpha value is 0.400. The van der Waals surface area contributed by atoms with Crippen LogP contribution in [0.15, 0.2) is 0 Å². The molecule has 0 aromatic rings. The topological polar surface area (TPSA) is 20.2 Å². The van der Waals surface area contributed by atoms with Crippen molar-refractivity contribution in [3.63, 3.8) is 0 Å². The Bertz CT molecular complexity index is 394. The van der Waals surface area contributed by atoms with E-state index >= 15 is 0 Å². The molecule has 2 bridgehead atoms. The van der Waals surface area contributed by atoms with Gasteiger partial charge in [0.1, 0.15) is 0 Å². The van der Waals surface area contributed by atoms with Crippen molar-refractivity contribution < 1.29 is 26.6 Å². The van der Waals surface area contributed by atoms with Gasteiger partial charge in [-0.1, -0.05) is 25.7 Å². The maximum Gasteiger partial charge on any atom is 0.0893 e. The Morgan fingerprint density at radius 3 is 1.62 bits per heavy atom. The third kappa shape index (κ3) is 3.22. The summed E-state index contributed by atoms with van der Waals surface area (Å²) in [5.41, 5.74) is -0.314. The highest BCUT2D eigenvalue weighted by molar-refractivity contribution is 4.99. The first-order valence-corrected chi connectivity index (χ1v) is 10.6. The first-order valence-electron chi connectivity index (χ1n) is 10.6. The zero-order valence-corrected chi connectivity index (χ0v) is 17.4. The number of halogens is 1. The van der Waals surface area contributed by atoms with Gasteiger partial charge < -0.3 is 26.6 Å². The SMILES string of the molecule is C[N+]1(C)[C@H]2CC[C@H]1CC(CC(O)(C1CCCC1)C1CCCC1)C2.[Br-]. The van der Waals surface area contributed by atoms with Crippen molar-refractivity contribution in [1.29, 1.82) is 0 Å². The highest BCUT2D eigenvalue weighted by atomic mass is 79.9. The van der Waals surface area contributed by atoms with Crippen molar-refractivity contribution in [2.75, 3.05) is 14.1 Å². The van der Waals surface area contributed by atoms with E-state index in [1.807, 2.05) is 0 Å². The molecule has 2 aliphatic heterocycles. The van der Waals surface area contributed by atoms with Crippen LogP contribution in [0.25, 0.3) is 0 Å². The molecule has 0 aromatic heterocycles. The lowest BCUT2D eigenvalue weighted by atomic mass is 9.68. The van der Waals surface area contributed by atoms with Crippen molar-refractivity contribution in [1.82, 2.24) is 0 Å². The number of hydrogen-bond donors (Lipinski definition) is 1. The van der Waals surface area contributed by atoms with Crippen LogP contribution in [0, 0.1) is 17.8 Å². The number of fused-ring (bicyclic) bond motifs is 2. The molecular weight excluding hydrogens is 362 g/mol. The van der Waals surface area contributed by atoms with Crippen molar-refractivity contribution in [3.05, 3.63) is 0 Å². The summed E-state index contributed by atoms with van der Waals surface area (Å²) in [7, 11) is 4.91. The van der Waals surface area contributed by atoms with Crippen molar-refractivity contribution in [2.24, 2.45) is 17.8 Å². The molecule has 2 saturated heterocycles. The zero-order valence-electron chi connectivity index (χ0n) is 15.9. The van der Waals surface area contributed by atoms with E-state index in [1.165, 1.54) is 81.5 Å². The molecule has 0 amide bonds. The Morgan fingerprint density at radius 2 is 1.21 bits per heavy atom. The molecule has 0 radical (unpaired) electrons. The van der Waals surface area contributed by atoms with Crippen molar-refractivity contribution in [2.45, 2.75) is 101 Å². The molecule has 4 fully saturated rings. The molecule has 0 spiro atoms. The number of aliphatic hydroxyl groups is 1. The minimum atomic E-state index is -0.314. The van der Waals surface area contributed by atoms with Gasteiger partial charge in [-0.2, -0.15) is 0 Å². The normalized spacial score (nSPS) is 36.9. The lowest BCUT2D eigenvalue weighted by Gasteiger charge is -2.48. The van der Waals surface area contributed by atoms with Gasteiger partial charge in [-0.25, -0.2) is 0 Å². The zero-order chi connectivity index (χ0) is 16.1. The van der Waals surface area contributed by atoms with Gasteiger partial charge >= 0.3 is 0 Å². The second-order valence-corrected chi connectivity index (χ2v) is 10.0. The summed E-state index contributed by atoms with van der Waals surface area (Å²) in [4.78, 5) is 0. The quantitative estimate of drug-likeness (QED) is 0.710. The summed E-state index contributed by atoms with van der Waals surface area (Å²) in [6, 6.07) is 1.74. The third-order valence-electron chi connectivity index (χ3n) is 8.67. The molecular formula is C21H38BrNO. The average Bonchev–Trinajstić information content (AvgIpc) is 3.22. The van der Waals surface area contributed by atoms with E-state index in [-0.39, 0.29) is 22.6 Å². The fourth-order valence-corrected chi connectivity index (χ4v) is 7.14. The maximum atomic E-state index is 11.9. The molecule has 24 heavy (non-hydrogen) atoms. The van der Waals surface area contributed by atoms with Crippen molar-refractivity contribution >= 4 is 0 Å². The fourth-order valence-electron chi connectivity index (χ4n) is 7.14. The highest BCUT2D eigenvalue weighted by Gasteiger charge is 2.52. The summed E-state index contributed by atoms with van der Waals surface area (Å²) in [6.07, 6.45) is 17.4. The second kappa shape index (κ2) is 7.19. The smallest absolute Gasteiger partial charge is 0.0893 e. The lowest BCUT2D eigenvalue weighted by molar-refractivity contribution is -0.931. The van der Waals surface area contributed by atoms with E-state index in [2.05, 4.69) is 14.1 Å². The van der Waals surface area contributed by atoms with Crippen molar-refractivity contribution in [3.8, 4) is 0 Å². The monoisotopic (exact) mass is 399 g/mol. The summed E-state index contributed by atoms with van der Waals surface area (Å²) in [6.45, 7) is 0. The van der Waals surface area contributed by atoms with Crippen LogP contribution in [0.5, 0.6) is 0 Å². The van der Waals surface area contributed by atoms with Gasteiger partial charge in [0, 0.05) is 25.7 Å². The fraction of sp³-hybridized carbons (Fsp3) is 1.00. The molecule has 4 rings (SSSR count). The van der Waals surface area contributed by atoms with Crippen LogP contribution >= 0.6 is 0 Å². The van der Waals surface area contributed by atoms with Gasteiger partial charge in [0.15, 0.2) is 0 Å².